The van der Waals surface area contributed by atoms with E-state index in [0.29, 0.717) is 12.0 Å². The minimum absolute atomic E-state index is 0.0242. The highest BCUT2D eigenvalue weighted by Crippen LogP contribution is 2.27. The molecule has 1 aliphatic carbocycles. The van der Waals surface area contributed by atoms with E-state index in [2.05, 4.69) is 28.6 Å². The van der Waals surface area contributed by atoms with Crippen molar-refractivity contribution in [2.45, 2.75) is 44.7 Å². The number of nitrogens with zero attached hydrogens (tertiary/aromatic N) is 3. The van der Waals surface area contributed by atoms with E-state index in [1.54, 1.807) is 0 Å². The van der Waals surface area contributed by atoms with Crippen molar-refractivity contribution in [2.24, 2.45) is 7.05 Å². The van der Waals surface area contributed by atoms with Crippen LogP contribution < -0.4 is 5.32 Å². The fraction of sp³-hybridized carbons (Fsp3) is 0.375. The Kier molecular flexibility index (Phi) is 5.57. The molecule has 1 saturated carbocycles. The molecule has 0 spiro atoms. The zero-order valence-corrected chi connectivity index (χ0v) is 17.8. The topological polar surface area (TPSA) is 67.2 Å². The summed E-state index contributed by atoms with van der Waals surface area (Å²) in [5.41, 5.74) is 3.94. The van der Waals surface area contributed by atoms with E-state index in [1.807, 2.05) is 61.1 Å². The van der Waals surface area contributed by atoms with Crippen LogP contribution >= 0.6 is 0 Å². The van der Waals surface area contributed by atoms with E-state index in [4.69, 9.17) is 0 Å². The van der Waals surface area contributed by atoms with Gasteiger partial charge in [0.1, 0.15) is 0 Å². The Bertz CT molecular complexity index is 1070. The predicted molar refractivity (Wildman–Crippen MR) is 118 cm³/mol. The van der Waals surface area contributed by atoms with Gasteiger partial charge in [0, 0.05) is 43.5 Å². The molecule has 2 amide bonds. The first-order valence-electron chi connectivity index (χ1n) is 10.5. The Morgan fingerprint density at radius 2 is 1.87 bits per heavy atom. The number of rotatable bonds is 5. The lowest BCUT2D eigenvalue weighted by Crippen LogP contribution is -2.38. The predicted octanol–water partition coefficient (Wildman–Crippen LogP) is 3.76. The number of benzene rings is 2. The largest absolute Gasteiger partial charge is 0.353 e. The summed E-state index contributed by atoms with van der Waals surface area (Å²) in [6.07, 6.45) is 5.01. The molecule has 2 unspecified atom stereocenters. The summed E-state index contributed by atoms with van der Waals surface area (Å²) < 4.78 is 1.86. The second-order valence-electron chi connectivity index (χ2n) is 8.12. The first-order valence-corrected chi connectivity index (χ1v) is 10.5. The van der Waals surface area contributed by atoms with Crippen LogP contribution in [0.25, 0.3) is 22.0 Å². The summed E-state index contributed by atoms with van der Waals surface area (Å²) in [6.45, 7) is 1.86. The lowest BCUT2D eigenvalue weighted by molar-refractivity contribution is -0.121. The van der Waals surface area contributed by atoms with Gasteiger partial charge in [0.05, 0.1) is 11.7 Å². The van der Waals surface area contributed by atoms with Crippen molar-refractivity contribution >= 4 is 22.7 Å². The maximum absolute atomic E-state index is 13.0. The van der Waals surface area contributed by atoms with Gasteiger partial charge >= 0.3 is 0 Å². The number of amides is 2. The molecule has 1 N–H and O–H groups in total. The van der Waals surface area contributed by atoms with Crippen LogP contribution in [0.4, 0.5) is 0 Å². The average Bonchev–Trinajstić information content (AvgIpc) is 3.39. The molecule has 30 heavy (non-hydrogen) atoms. The number of hydrogen-bond donors (Lipinski definition) is 1. The summed E-state index contributed by atoms with van der Waals surface area (Å²) in [5.74, 6) is 0.102. The lowest BCUT2D eigenvalue weighted by atomic mass is 10.0. The van der Waals surface area contributed by atoms with Crippen LogP contribution in [-0.4, -0.2) is 45.6 Å². The van der Waals surface area contributed by atoms with Gasteiger partial charge in [-0.15, -0.1) is 0 Å². The fourth-order valence-electron chi connectivity index (χ4n) is 4.27. The van der Waals surface area contributed by atoms with Crippen molar-refractivity contribution in [1.29, 1.82) is 0 Å². The molecule has 6 nitrogen and oxygen atoms in total. The molecule has 6 heteroatoms. The normalized spacial score (nSPS) is 18.5. The molecule has 1 aliphatic rings. The van der Waals surface area contributed by atoms with Crippen LogP contribution in [0, 0.1) is 0 Å². The molecule has 2 atom stereocenters. The molecule has 3 aromatic rings. The third kappa shape index (κ3) is 3.95. The third-order valence-electron chi connectivity index (χ3n) is 6.17. The number of aromatic nitrogens is 2. The summed E-state index contributed by atoms with van der Waals surface area (Å²) in [6, 6.07) is 14.4. The van der Waals surface area contributed by atoms with Crippen LogP contribution in [0.3, 0.4) is 0 Å². The standard InChI is InChI=1S/C24H28N4O2/c1-4-23(29)26-20-11-12-21(14-20)27(2)24(30)17-7-5-16(6-8-17)18-9-10-19-15-25-28(3)22(19)13-18/h5-10,13,15,20-21H,4,11-12,14H2,1-3H3,(H,26,29). The van der Waals surface area contributed by atoms with Crippen molar-refractivity contribution in [3.05, 3.63) is 54.2 Å². The van der Waals surface area contributed by atoms with E-state index in [1.165, 1.54) is 0 Å². The molecule has 0 aliphatic heterocycles. The quantitative estimate of drug-likeness (QED) is 0.704. The number of carbonyl (C=O) groups is 2. The van der Waals surface area contributed by atoms with Gasteiger partial charge in [0.2, 0.25) is 5.91 Å². The highest BCUT2D eigenvalue weighted by atomic mass is 16.2. The number of aryl methyl sites for hydroxylation is 1. The highest BCUT2D eigenvalue weighted by Gasteiger charge is 2.30. The zero-order chi connectivity index (χ0) is 21.3. The maximum Gasteiger partial charge on any atom is 0.253 e. The SMILES string of the molecule is CCC(=O)NC1CCC(N(C)C(=O)c2ccc(-c3ccc4cnn(C)c4c3)cc2)C1. The van der Waals surface area contributed by atoms with E-state index < -0.39 is 0 Å². The monoisotopic (exact) mass is 404 g/mol. The van der Waals surface area contributed by atoms with Gasteiger partial charge in [-0.1, -0.05) is 31.2 Å². The molecule has 1 heterocycles. The first-order chi connectivity index (χ1) is 14.5. The van der Waals surface area contributed by atoms with Crippen molar-refractivity contribution in [2.75, 3.05) is 7.05 Å². The summed E-state index contributed by atoms with van der Waals surface area (Å²) in [5, 5.41) is 8.45. The van der Waals surface area contributed by atoms with Gasteiger partial charge in [-0.05, 0) is 48.6 Å². The van der Waals surface area contributed by atoms with Crippen molar-refractivity contribution in [3.63, 3.8) is 0 Å². The smallest absolute Gasteiger partial charge is 0.253 e. The molecule has 156 valence electrons. The highest BCUT2D eigenvalue weighted by molar-refractivity contribution is 5.95. The number of hydrogen-bond acceptors (Lipinski definition) is 3. The van der Waals surface area contributed by atoms with Crippen molar-refractivity contribution < 1.29 is 9.59 Å². The Labute approximate surface area is 176 Å². The van der Waals surface area contributed by atoms with Crippen LogP contribution in [0.15, 0.2) is 48.7 Å². The molecule has 2 aromatic carbocycles. The molecule has 0 bridgehead atoms. The molecule has 1 fully saturated rings. The van der Waals surface area contributed by atoms with E-state index in [9.17, 15) is 9.59 Å². The van der Waals surface area contributed by atoms with Crippen molar-refractivity contribution in [1.82, 2.24) is 20.0 Å². The van der Waals surface area contributed by atoms with Gasteiger partial charge in [-0.3, -0.25) is 14.3 Å². The van der Waals surface area contributed by atoms with Gasteiger partial charge in [0.25, 0.3) is 5.91 Å². The average molecular weight is 405 g/mol. The van der Waals surface area contributed by atoms with Gasteiger partial charge in [0.15, 0.2) is 0 Å². The Balaban J connectivity index is 1.44. The zero-order valence-electron chi connectivity index (χ0n) is 17.8. The van der Waals surface area contributed by atoms with Gasteiger partial charge < -0.3 is 10.2 Å². The summed E-state index contributed by atoms with van der Waals surface area (Å²) in [4.78, 5) is 26.4. The van der Waals surface area contributed by atoms with Crippen molar-refractivity contribution in [3.8, 4) is 11.1 Å². The van der Waals surface area contributed by atoms with Gasteiger partial charge in [-0.2, -0.15) is 5.10 Å². The van der Waals surface area contributed by atoms with E-state index in [-0.39, 0.29) is 23.9 Å². The Hall–Kier alpha value is -3.15. The van der Waals surface area contributed by atoms with E-state index >= 15 is 0 Å². The molecular formula is C24H28N4O2. The molecular weight excluding hydrogens is 376 g/mol. The van der Waals surface area contributed by atoms with Crippen LogP contribution in [0.5, 0.6) is 0 Å². The second kappa shape index (κ2) is 8.30. The number of fused-ring (bicyclic) bond motifs is 1. The molecule has 4 rings (SSSR count). The minimum atomic E-state index is 0.0242. The Morgan fingerprint density at radius 3 is 2.60 bits per heavy atom. The van der Waals surface area contributed by atoms with E-state index in [0.717, 1.165) is 41.3 Å². The maximum atomic E-state index is 13.0. The fourth-order valence-corrected chi connectivity index (χ4v) is 4.27. The lowest BCUT2D eigenvalue weighted by Gasteiger charge is -2.25. The Morgan fingerprint density at radius 1 is 1.13 bits per heavy atom. The molecule has 0 radical (unpaired) electrons. The molecule has 1 aromatic heterocycles. The first kappa shape index (κ1) is 20.1. The summed E-state index contributed by atoms with van der Waals surface area (Å²) in [7, 11) is 3.80. The van der Waals surface area contributed by atoms with Crippen LogP contribution in [-0.2, 0) is 11.8 Å². The second-order valence-corrected chi connectivity index (χ2v) is 8.12. The van der Waals surface area contributed by atoms with Crippen LogP contribution in [0.1, 0.15) is 43.0 Å². The van der Waals surface area contributed by atoms with Gasteiger partial charge in [-0.25, -0.2) is 0 Å². The summed E-state index contributed by atoms with van der Waals surface area (Å²) >= 11 is 0. The minimum Gasteiger partial charge on any atom is -0.353 e. The number of carbonyl (C=O) groups excluding carboxylic acids is 2. The van der Waals surface area contributed by atoms with Crippen LogP contribution in [0.2, 0.25) is 0 Å². The third-order valence-corrected chi connectivity index (χ3v) is 6.17. The number of nitrogens with one attached hydrogen (secondary N) is 1. The molecule has 0 saturated heterocycles.